The number of halogens is 2. The Hall–Kier alpha value is -1.39. The molecule has 1 aromatic rings. The molecule has 0 atom stereocenters. The van der Waals surface area contributed by atoms with Crippen molar-refractivity contribution in [3.8, 4) is 5.75 Å². The van der Waals surface area contributed by atoms with Crippen LogP contribution in [0.4, 0.5) is 8.78 Å². The van der Waals surface area contributed by atoms with Gasteiger partial charge in [0, 0.05) is 6.20 Å². The maximum absolute atomic E-state index is 12.3. The summed E-state index contributed by atoms with van der Waals surface area (Å²) < 4.78 is 29.4. The Morgan fingerprint density at radius 3 is 2.62 bits per heavy atom. The van der Waals surface area contributed by atoms with Crippen molar-refractivity contribution in [1.82, 2.24) is 4.98 Å². The third kappa shape index (κ3) is 1.68. The average molecular weight is 189 g/mol. The molecule has 0 amide bonds. The predicted octanol–water partition coefficient (Wildman–Crippen LogP) is 1.63. The Bertz CT molecular complexity index is 360. The number of aromatic nitrogens is 1. The van der Waals surface area contributed by atoms with Crippen molar-refractivity contribution in [3.05, 3.63) is 27.7 Å². The van der Waals surface area contributed by atoms with Crippen LogP contribution in [0.2, 0.25) is 0 Å². The minimum Gasteiger partial charge on any atom is -0.496 e. The van der Waals surface area contributed by atoms with Crippen LogP contribution in [0.3, 0.4) is 0 Å². The van der Waals surface area contributed by atoms with Gasteiger partial charge in [0.15, 0.2) is 0 Å². The van der Waals surface area contributed by atoms with E-state index in [1.54, 1.807) is 0 Å². The van der Waals surface area contributed by atoms with Gasteiger partial charge < -0.3 is 9.72 Å². The van der Waals surface area contributed by atoms with Gasteiger partial charge in [-0.15, -0.1) is 0 Å². The molecule has 0 fully saturated rings. The second-order valence-corrected chi connectivity index (χ2v) is 2.53. The van der Waals surface area contributed by atoms with Gasteiger partial charge in [-0.3, -0.25) is 4.79 Å². The van der Waals surface area contributed by atoms with Gasteiger partial charge in [0.1, 0.15) is 5.75 Å². The standard InChI is InChI=1S/C8H9F2NO2/c1-4-6(13-2)5(7(9)10)3-11-8(4)12/h3,7H,1-2H3,(H,11,12). The Kier molecular flexibility index (Phi) is 2.65. The number of aromatic amines is 1. The molecule has 0 unspecified atom stereocenters. The zero-order valence-electron chi connectivity index (χ0n) is 7.23. The first-order chi connectivity index (χ1) is 6.07. The van der Waals surface area contributed by atoms with Crippen molar-refractivity contribution in [1.29, 1.82) is 0 Å². The summed E-state index contributed by atoms with van der Waals surface area (Å²) in [6.07, 6.45) is -1.68. The molecule has 1 aromatic heterocycles. The number of pyridine rings is 1. The number of nitrogens with one attached hydrogen (secondary N) is 1. The van der Waals surface area contributed by atoms with Gasteiger partial charge in [0.05, 0.1) is 18.2 Å². The van der Waals surface area contributed by atoms with E-state index in [4.69, 9.17) is 4.74 Å². The number of alkyl halides is 2. The SMILES string of the molecule is COc1c(C(F)F)c[nH]c(=O)c1C. The molecule has 0 aliphatic rings. The second-order valence-electron chi connectivity index (χ2n) is 2.53. The minimum atomic E-state index is -2.65. The van der Waals surface area contributed by atoms with Gasteiger partial charge in [0.2, 0.25) is 0 Å². The summed E-state index contributed by atoms with van der Waals surface area (Å²) in [5, 5.41) is 0. The number of hydrogen-bond donors (Lipinski definition) is 1. The molecule has 1 rings (SSSR count). The Morgan fingerprint density at radius 2 is 2.15 bits per heavy atom. The van der Waals surface area contributed by atoms with E-state index in [9.17, 15) is 13.6 Å². The highest BCUT2D eigenvalue weighted by Gasteiger charge is 2.17. The molecule has 0 spiro atoms. The number of H-pyrrole nitrogens is 1. The molecular formula is C8H9F2NO2. The number of rotatable bonds is 2. The quantitative estimate of drug-likeness (QED) is 0.768. The fraction of sp³-hybridized carbons (Fsp3) is 0.375. The van der Waals surface area contributed by atoms with Crippen LogP contribution in [0.5, 0.6) is 5.75 Å². The van der Waals surface area contributed by atoms with Gasteiger partial charge in [-0.1, -0.05) is 0 Å². The van der Waals surface area contributed by atoms with Crippen LogP contribution in [0.1, 0.15) is 17.6 Å². The van der Waals surface area contributed by atoms with E-state index >= 15 is 0 Å². The smallest absolute Gasteiger partial charge is 0.268 e. The predicted molar refractivity (Wildman–Crippen MR) is 43.3 cm³/mol. The van der Waals surface area contributed by atoms with Crippen molar-refractivity contribution in [2.75, 3.05) is 7.11 Å². The number of hydrogen-bond acceptors (Lipinski definition) is 2. The van der Waals surface area contributed by atoms with E-state index in [2.05, 4.69) is 4.98 Å². The minimum absolute atomic E-state index is 0.0428. The van der Waals surface area contributed by atoms with Gasteiger partial charge in [-0.25, -0.2) is 8.78 Å². The number of ether oxygens (including phenoxy) is 1. The third-order valence-electron chi connectivity index (χ3n) is 1.74. The summed E-state index contributed by atoms with van der Waals surface area (Å²) in [5.74, 6) is -0.0428. The van der Waals surface area contributed by atoms with Crippen LogP contribution in [-0.4, -0.2) is 12.1 Å². The van der Waals surface area contributed by atoms with Crippen LogP contribution >= 0.6 is 0 Å². The van der Waals surface area contributed by atoms with Crippen molar-refractivity contribution in [3.63, 3.8) is 0 Å². The Balaban J connectivity index is 3.38. The molecular weight excluding hydrogens is 180 g/mol. The lowest BCUT2D eigenvalue weighted by atomic mass is 10.2. The van der Waals surface area contributed by atoms with Crippen molar-refractivity contribution >= 4 is 0 Å². The first-order valence-corrected chi connectivity index (χ1v) is 3.62. The fourth-order valence-corrected chi connectivity index (χ4v) is 1.07. The molecule has 0 aliphatic heterocycles. The summed E-state index contributed by atoms with van der Waals surface area (Å²) in [5.41, 5.74) is -0.541. The maximum Gasteiger partial charge on any atom is 0.268 e. The molecule has 3 nitrogen and oxygen atoms in total. The van der Waals surface area contributed by atoms with Crippen LogP contribution in [0.25, 0.3) is 0 Å². The van der Waals surface area contributed by atoms with E-state index in [-0.39, 0.29) is 16.9 Å². The summed E-state index contributed by atoms with van der Waals surface area (Å²) in [6.45, 7) is 1.43. The van der Waals surface area contributed by atoms with Gasteiger partial charge >= 0.3 is 0 Å². The highest BCUT2D eigenvalue weighted by Crippen LogP contribution is 2.28. The maximum atomic E-state index is 12.3. The van der Waals surface area contributed by atoms with Crippen LogP contribution < -0.4 is 10.3 Å². The van der Waals surface area contributed by atoms with E-state index in [0.29, 0.717) is 0 Å². The molecule has 1 N–H and O–H groups in total. The van der Waals surface area contributed by atoms with Crippen LogP contribution in [-0.2, 0) is 0 Å². The lowest BCUT2D eigenvalue weighted by molar-refractivity contribution is 0.146. The van der Waals surface area contributed by atoms with Gasteiger partial charge in [0.25, 0.3) is 12.0 Å². The Morgan fingerprint density at radius 1 is 1.54 bits per heavy atom. The van der Waals surface area contributed by atoms with Crippen LogP contribution in [0, 0.1) is 6.92 Å². The van der Waals surface area contributed by atoms with Crippen molar-refractivity contribution in [2.45, 2.75) is 13.3 Å². The van der Waals surface area contributed by atoms with Gasteiger partial charge in [-0.05, 0) is 6.92 Å². The summed E-state index contributed by atoms with van der Waals surface area (Å²) in [4.78, 5) is 13.2. The number of methoxy groups -OCH3 is 1. The van der Waals surface area contributed by atoms with Crippen LogP contribution in [0.15, 0.2) is 11.0 Å². The molecule has 0 saturated carbocycles. The van der Waals surface area contributed by atoms with Crippen molar-refractivity contribution < 1.29 is 13.5 Å². The molecule has 13 heavy (non-hydrogen) atoms. The normalized spacial score (nSPS) is 10.5. The monoisotopic (exact) mass is 189 g/mol. The average Bonchev–Trinajstić information content (AvgIpc) is 2.09. The Labute approximate surface area is 73.4 Å². The first-order valence-electron chi connectivity index (χ1n) is 3.62. The largest absolute Gasteiger partial charge is 0.496 e. The highest BCUT2D eigenvalue weighted by atomic mass is 19.3. The highest BCUT2D eigenvalue weighted by molar-refractivity contribution is 5.38. The molecule has 72 valence electrons. The van der Waals surface area contributed by atoms with E-state index < -0.39 is 12.0 Å². The van der Waals surface area contributed by atoms with E-state index in [0.717, 1.165) is 6.20 Å². The molecule has 5 heteroatoms. The first kappa shape index (κ1) is 9.70. The third-order valence-corrected chi connectivity index (χ3v) is 1.74. The molecule has 0 aliphatic carbocycles. The summed E-state index contributed by atoms with van der Waals surface area (Å²) in [7, 11) is 1.26. The molecule has 0 aromatic carbocycles. The molecule has 0 saturated heterocycles. The second kappa shape index (κ2) is 3.55. The van der Waals surface area contributed by atoms with E-state index in [1.807, 2.05) is 0 Å². The van der Waals surface area contributed by atoms with Crippen molar-refractivity contribution in [2.24, 2.45) is 0 Å². The topological polar surface area (TPSA) is 42.1 Å². The summed E-state index contributed by atoms with van der Waals surface area (Å²) in [6, 6.07) is 0. The molecule has 1 heterocycles. The zero-order valence-corrected chi connectivity index (χ0v) is 7.23. The zero-order chi connectivity index (χ0) is 10.0. The van der Waals surface area contributed by atoms with E-state index in [1.165, 1.54) is 14.0 Å². The molecule has 0 bridgehead atoms. The lowest BCUT2D eigenvalue weighted by Gasteiger charge is -2.08. The van der Waals surface area contributed by atoms with Gasteiger partial charge in [-0.2, -0.15) is 0 Å². The molecule has 0 radical (unpaired) electrons. The lowest BCUT2D eigenvalue weighted by Crippen LogP contribution is -2.12. The fourth-order valence-electron chi connectivity index (χ4n) is 1.07. The summed E-state index contributed by atoms with van der Waals surface area (Å²) >= 11 is 0.